The molecule has 2 fully saturated rings. The first-order chi connectivity index (χ1) is 10.9. The molecular weight excluding hydrogens is 280 g/mol. The third-order valence-corrected chi connectivity index (χ3v) is 6.01. The molecule has 1 aromatic rings. The van der Waals surface area contributed by atoms with Gasteiger partial charge >= 0.3 is 0 Å². The molecule has 1 atom stereocenters. The number of hydrogen-bond acceptors (Lipinski definition) is 2. The number of anilines is 1. The van der Waals surface area contributed by atoms with Crippen molar-refractivity contribution in [3.05, 3.63) is 29.8 Å². The lowest BCUT2D eigenvalue weighted by Crippen LogP contribution is -2.40. The van der Waals surface area contributed by atoms with Gasteiger partial charge in [0, 0.05) is 25.3 Å². The van der Waals surface area contributed by atoms with Crippen LogP contribution < -0.4 is 4.90 Å². The van der Waals surface area contributed by atoms with Crippen LogP contribution in [0, 0.1) is 24.2 Å². The molecule has 0 spiro atoms. The molecule has 2 aliphatic heterocycles. The Morgan fingerprint density at radius 2 is 1.61 bits per heavy atom. The van der Waals surface area contributed by atoms with Gasteiger partial charge < -0.3 is 9.80 Å². The van der Waals surface area contributed by atoms with Crippen LogP contribution in [0.25, 0.3) is 0 Å². The van der Waals surface area contributed by atoms with Gasteiger partial charge in [-0.05, 0) is 68.7 Å². The second-order valence-electron chi connectivity index (χ2n) is 8.88. The van der Waals surface area contributed by atoms with Crippen molar-refractivity contribution in [1.29, 1.82) is 0 Å². The molecule has 0 amide bonds. The minimum absolute atomic E-state index is 0.488. The summed E-state index contributed by atoms with van der Waals surface area (Å²) in [4.78, 5) is 5.30. The summed E-state index contributed by atoms with van der Waals surface area (Å²) in [5, 5.41) is 0. The number of hydrogen-bond donors (Lipinski definition) is 0. The van der Waals surface area contributed by atoms with E-state index in [-0.39, 0.29) is 0 Å². The van der Waals surface area contributed by atoms with E-state index in [2.05, 4.69) is 61.8 Å². The Morgan fingerprint density at radius 3 is 2.22 bits per heavy atom. The van der Waals surface area contributed by atoms with E-state index in [1.54, 1.807) is 0 Å². The molecular formula is C21H34N2. The van der Waals surface area contributed by atoms with E-state index >= 15 is 0 Å². The molecule has 0 radical (unpaired) electrons. The first-order valence-corrected chi connectivity index (χ1v) is 9.46. The van der Waals surface area contributed by atoms with E-state index in [9.17, 15) is 0 Å². The lowest BCUT2D eigenvalue weighted by atomic mass is 9.75. The summed E-state index contributed by atoms with van der Waals surface area (Å²) in [5.41, 5.74) is 3.25. The number of aryl methyl sites for hydroxylation is 1. The van der Waals surface area contributed by atoms with Crippen molar-refractivity contribution >= 4 is 5.69 Å². The summed E-state index contributed by atoms with van der Waals surface area (Å²) >= 11 is 0. The van der Waals surface area contributed by atoms with Gasteiger partial charge in [0.05, 0.1) is 0 Å². The van der Waals surface area contributed by atoms with E-state index in [0.717, 1.165) is 11.8 Å². The fourth-order valence-corrected chi connectivity index (χ4v) is 4.32. The molecule has 2 aliphatic rings. The number of likely N-dealkylation sites (tertiary alicyclic amines) is 1. The van der Waals surface area contributed by atoms with Gasteiger partial charge in [0.2, 0.25) is 0 Å². The highest BCUT2D eigenvalue weighted by Crippen LogP contribution is 2.35. The molecule has 23 heavy (non-hydrogen) atoms. The van der Waals surface area contributed by atoms with Crippen LogP contribution in [0.15, 0.2) is 24.3 Å². The van der Waals surface area contributed by atoms with Gasteiger partial charge in [0.25, 0.3) is 0 Å². The normalized spacial score (nSPS) is 24.3. The SMILES string of the molecule is Cc1ccc(N2CCC(CN3CCC(C(C)(C)C)CC3)C2)cc1. The Kier molecular flexibility index (Phi) is 5.01. The Balaban J connectivity index is 1.47. The topological polar surface area (TPSA) is 6.48 Å². The molecule has 0 bridgehead atoms. The maximum Gasteiger partial charge on any atom is 0.0366 e. The van der Waals surface area contributed by atoms with Gasteiger partial charge in [-0.3, -0.25) is 0 Å². The molecule has 1 aromatic carbocycles. The van der Waals surface area contributed by atoms with Crippen molar-refractivity contribution in [2.45, 2.75) is 47.0 Å². The van der Waals surface area contributed by atoms with Gasteiger partial charge in [0.1, 0.15) is 0 Å². The van der Waals surface area contributed by atoms with Crippen LogP contribution in [-0.2, 0) is 0 Å². The predicted octanol–water partition coefficient (Wildman–Crippen LogP) is 4.58. The number of nitrogens with zero attached hydrogens (tertiary/aromatic N) is 2. The molecule has 2 heteroatoms. The Hall–Kier alpha value is -1.02. The summed E-state index contributed by atoms with van der Waals surface area (Å²) in [7, 11) is 0. The van der Waals surface area contributed by atoms with Gasteiger partial charge in [-0.25, -0.2) is 0 Å². The first-order valence-electron chi connectivity index (χ1n) is 9.46. The third-order valence-electron chi connectivity index (χ3n) is 6.01. The third kappa shape index (κ3) is 4.29. The van der Waals surface area contributed by atoms with Gasteiger partial charge in [-0.2, -0.15) is 0 Å². The molecule has 2 saturated heterocycles. The number of piperidine rings is 1. The molecule has 1 unspecified atom stereocenters. The summed E-state index contributed by atoms with van der Waals surface area (Å²) < 4.78 is 0. The molecule has 2 nitrogen and oxygen atoms in total. The highest BCUT2D eigenvalue weighted by atomic mass is 15.2. The van der Waals surface area contributed by atoms with Crippen LogP contribution in [0.3, 0.4) is 0 Å². The fraction of sp³-hybridized carbons (Fsp3) is 0.714. The van der Waals surface area contributed by atoms with Crippen molar-refractivity contribution in [2.75, 3.05) is 37.6 Å². The predicted molar refractivity (Wildman–Crippen MR) is 100 cm³/mol. The van der Waals surface area contributed by atoms with Gasteiger partial charge in [-0.1, -0.05) is 38.5 Å². The minimum atomic E-state index is 0.488. The maximum atomic E-state index is 2.73. The average Bonchev–Trinajstić information content (AvgIpc) is 2.96. The fourth-order valence-electron chi connectivity index (χ4n) is 4.32. The van der Waals surface area contributed by atoms with E-state index < -0.39 is 0 Å². The largest absolute Gasteiger partial charge is 0.371 e. The molecule has 2 heterocycles. The van der Waals surface area contributed by atoms with Gasteiger partial charge in [0.15, 0.2) is 0 Å². The quantitative estimate of drug-likeness (QED) is 0.806. The minimum Gasteiger partial charge on any atom is -0.371 e. The van der Waals surface area contributed by atoms with Crippen LogP contribution in [0.5, 0.6) is 0 Å². The maximum absolute atomic E-state index is 2.73. The monoisotopic (exact) mass is 314 g/mol. The molecule has 0 aliphatic carbocycles. The van der Waals surface area contributed by atoms with Crippen LogP contribution >= 0.6 is 0 Å². The zero-order valence-corrected chi connectivity index (χ0v) is 15.5. The number of rotatable bonds is 3. The number of benzene rings is 1. The highest BCUT2D eigenvalue weighted by molar-refractivity contribution is 5.48. The van der Waals surface area contributed by atoms with E-state index in [4.69, 9.17) is 0 Å². The first kappa shape index (κ1) is 16.8. The summed E-state index contributed by atoms with van der Waals surface area (Å²) in [5.74, 6) is 1.76. The lowest BCUT2D eigenvalue weighted by molar-refractivity contribution is 0.103. The zero-order chi connectivity index (χ0) is 16.4. The molecule has 0 N–H and O–H groups in total. The van der Waals surface area contributed by atoms with E-state index in [0.29, 0.717) is 5.41 Å². The zero-order valence-electron chi connectivity index (χ0n) is 15.5. The highest BCUT2D eigenvalue weighted by Gasteiger charge is 2.31. The average molecular weight is 315 g/mol. The molecule has 3 rings (SSSR count). The van der Waals surface area contributed by atoms with E-state index in [1.807, 2.05) is 0 Å². The summed E-state index contributed by atoms with van der Waals surface area (Å²) in [6.07, 6.45) is 4.13. The smallest absolute Gasteiger partial charge is 0.0366 e. The van der Waals surface area contributed by atoms with Crippen molar-refractivity contribution in [1.82, 2.24) is 4.90 Å². The lowest BCUT2D eigenvalue weighted by Gasteiger charge is -2.39. The standard InChI is InChI=1S/C21H34N2/c1-17-5-7-20(8-6-17)23-14-9-18(16-23)15-22-12-10-19(11-13-22)21(2,3)4/h5-8,18-19H,9-16H2,1-4H3. The van der Waals surface area contributed by atoms with Crippen LogP contribution in [0.2, 0.25) is 0 Å². The summed E-state index contributed by atoms with van der Waals surface area (Å²) in [6, 6.07) is 9.04. The van der Waals surface area contributed by atoms with Crippen LogP contribution in [0.4, 0.5) is 5.69 Å². The van der Waals surface area contributed by atoms with Gasteiger partial charge in [-0.15, -0.1) is 0 Å². The molecule has 128 valence electrons. The van der Waals surface area contributed by atoms with Crippen molar-refractivity contribution in [3.8, 4) is 0 Å². The summed E-state index contributed by atoms with van der Waals surface area (Å²) in [6.45, 7) is 15.8. The van der Waals surface area contributed by atoms with E-state index in [1.165, 1.54) is 63.2 Å². The Bertz CT molecular complexity index is 492. The van der Waals surface area contributed by atoms with Crippen molar-refractivity contribution < 1.29 is 0 Å². The molecule has 0 saturated carbocycles. The van der Waals surface area contributed by atoms with Crippen molar-refractivity contribution in [3.63, 3.8) is 0 Å². The second-order valence-corrected chi connectivity index (χ2v) is 8.88. The van der Waals surface area contributed by atoms with Crippen molar-refractivity contribution in [2.24, 2.45) is 17.3 Å². The van der Waals surface area contributed by atoms with Crippen LogP contribution in [-0.4, -0.2) is 37.6 Å². The van der Waals surface area contributed by atoms with Crippen LogP contribution in [0.1, 0.15) is 45.6 Å². The molecule has 0 aromatic heterocycles. The Morgan fingerprint density at radius 1 is 0.957 bits per heavy atom. The Labute approximate surface area is 142 Å². The second kappa shape index (κ2) is 6.84.